The van der Waals surface area contributed by atoms with Crippen LogP contribution in [0.1, 0.15) is 47.5 Å². The van der Waals surface area contributed by atoms with E-state index in [4.69, 9.17) is 9.72 Å². The molecular weight excluding hydrogens is 280 g/mol. The molecule has 0 saturated heterocycles. The van der Waals surface area contributed by atoms with Crippen LogP contribution in [0.2, 0.25) is 0 Å². The van der Waals surface area contributed by atoms with Crippen LogP contribution in [-0.4, -0.2) is 18.6 Å². The normalized spacial score (nSPS) is 12.4. The van der Waals surface area contributed by atoms with Gasteiger partial charge in [0.25, 0.3) is 0 Å². The van der Waals surface area contributed by atoms with Crippen molar-refractivity contribution in [2.75, 3.05) is 13.7 Å². The molecule has 0 bridgehead atoms. The Bertz CT molecular complexity index is 563. The molecule has 0 aliphatic carbocycles. The summed E-state index contributed by atoms with van der Waals surface area (Å²) in [5.74, 6) is 0.931. The number of nitrogens with zero attached hydrogens (tertiary/aromatic N) is 1. The van der Waals surface area contributed by atoms with Crippen LogP contribution in [0.3, 0.4) is 0 Å². The molecule has 0 aliphatic heterocycles. The maximum absolute atomic E-state index is 5.64. The van der Waals surface area contributed by atoms with Gasteiger partial charge in [-0.2, -0.15) is 0 Å². The number of benzene rings is 1. The topological polar surface area (TPSA) is 34.1 Å². The predicted molar refractivity (Wildman–Crippen MR) is 89.4 cm³/mol. The second-order valence-electron chi connectivity index (χ2n) is 5.05. The minimum atomic E-state index is 0.147. The molecule has 0 saturated carbocycles. The molecule has 3 nitrogen and oxygen atoms in total. The minimum absolute atomic E-state index is 0.147. The molecule has 0 radical (unpaired) electrons. The first-order valence-electron chi connectivity index (χ1n) is 7.55. The van der Waals surface area contributed by atoms with Crippen molar-refractivity contribution in [1.82, 2.24) is 10.3 Å². The molecule has 1 atom stereocenters. The molecule has 0 amide bonds. The summed E-state index contributed by atoms with van der Waals surface area (Å²) < 4.78 is 5.64. The van der Waals surface area contributed by atoms with Crippen molar-refractivity contribution in [3.8, 4) is 5.75 Å². The number of aryl methyl sites for hydroxylation is 2. The molecule has 0 aliphatic rings. The SMILES string of the molecule is CCCOc1ccc(C(NC)c2nc(CC)c(C)s2)cc1. The van der Waals surface area contributed by atoms with Crippen molar-refractivity contribution in [2.24, 2.45) is 0 Å². The lowest BCUT2D eigenvalue weighted by atomic mass is 10.1. The third kappa shape index (κ3) is 3.83. The summed E-state index contributed by atoms with van der Waals surface area (Å²) in [6.45, 7) is 7.18. The third-order valence-corrected chi connectivity index (χ3v) is 4.54. The van der Waals surface area contributed by atoms with Crippen molar-refractivity contribution >= 4 is 11.3 Å². The first kappa shape index (κ1) is 16.0. The standard InChI is InChI=1S/C17H24N2OS/c1-5-11-20-14-9-7-13(8-10-14)16(18-4)17-19-15(6-2)12(3)21-17/h7-10,16,18H,5-6,11H2,1-4H3. The van der Waals surface area contributed by atoms with Gasteiger partial charge in [-0.3, -0.25) is 0 Å². The molecular formula is C17H24N2OS. The van der Waals surface area contributed by atoms with Crippen LogP contribution in [0.15, 0.2) is 24.3 Å². The third-order valence-electron chi connectivity index (χ3n) is 3.47. The summed E-state index contributed by atoms with van der Waals surface area (Å²) in [4.78, 5) is 6.09. The maximum Gasteiger partial charge on any atom is 0.119 e. The van der Waals surface area contributed by atoms with Gasteiger partial charge >= 0.3 is 0 Å². The summed E-state index contributed by atoms with van der Waals surface area (Å²) in [6, 6.07) is 8.46. The van der Waals surface area contributed by atoms with Gasteiger partial charge in [-0.05, 0) is 44.5 Å². The highest BCUT2D eigenvalue weighted by Gasteiger charge is 2.17. The van der Waals surface area contributed by atoms with E-state index in [-0.39, 0.29) is 6.04 Å². The van der Waals surface area contributed by atoms with Gasteiger partial charge in [-0.1, -0.05) is 26.0 Å². The van der Waals surface area contributed by atoms with E-state index in [0.717, 1.165) is 30.2 Å². The number of nitrogens with one attached hydrogen (secondary N) is 1. The summed E-state index contributed by atoms with van der Waals surface area (Å²) >= 11 is 1.78. The fraction of sp³-hybridized carbons (Fsp3) is 0.471. The first-order chi connectivity index (χ1) is 10.2. The second kappa shape index (κ2) is 7.57. The number of hydrogen-bond donors (Lipinski definition) is 1. The van der Waals surface area contributed by atoms with Crippen LogP contribution in [0, 0.1) is 6.92 Å². The van der Waals surface area contributed by atoms with E-state index in [1.54, 1.807) is 11.3 Å². The fourth-order valence-corrected chi connectivity index (χ4v) is 3.46. The number of ether oxygens (including phenoxy) is 1. The van der Waals surface area contributed by atoms with Gasteiger partial charge in [0, 0.05) is 4.88 Å². The highest BCUT2D eigenvalue weighted by Crippen LogP contribution is 2.29. The Balaban J connectivity index is 2.20. The molecule has 1 N–H and O–H groups in total. The van der Waals surface area contributed by atoms with E-state index in [9.17, 15) is 0 Å². The molecule has 2 rings (SSSR count). The lowest BCUT2D eigenvalue weighted by Crippen LogP contribution is -2.17. The van der Waals surface area contributed by atoms with Crippen LogP contribution in [0.25, 0.3) is 0 Å². The largest absolute Gasteiger partial charge is 0.494 e. The van der Waals surface area contributed by atoms with E-state index >= 15 is 0 Å². The van der Waals surface area contributed by atoms with Gasteiger partial charge in [-0.25, -0.2) is 4.98 Å². The highest BCUT2D eigenvalue weighted by atomic mass is 32.1. The van der Waals surface area contributed by atoms with Gasteiger partial charge in [0.1, 0.15) is 10.8 Å². The van der Waals surface area contributed by atoms with Gasteiger partial charge < -0.3 is 10.1 Å². The molecule has 1 unspecified atom stereocenters. The average Bonchev–Trinajstić information content (AvgIpc) is 2.88. The number of rotatable bonds is 7. The zero-order chi connectivity index (χ0) is 15.2. The Kier molecular flexibility index (Phi) is 5.76. The zero-order valence-corrected chi connectivity index (χ0v) is 14.1. The summed E-state index contributed by atoms with van der Waals surface area (Å²) in [5, 5.41) is 4.50. The Labute approximate surface area is 131 Å². The lowest BCUT2D eigenvalue weighted by Gasteiger charge is -2.14. The highest BCUT2D eigenvalue weighted by molar-refractivity contribution is 7.11. The Morgan fingerprint density at radius 1 is 1.24 bits per heavy atom. The molecule has 0 spiro atoms. The van der Waals surface area contributed by atoms with E-state index in [1.165, 1.54) is 16.1 Å². The molecule has 0 fully saturated rings. The summed E-state index contributed by atoms with van der Waals surface area (Å²) in [5.41, 5.74) is 2.43. The van der Waals surface area contributed by atoms with Crippen LogP contribution in [-0.2, 0) is 6.42 Å². The monoisotopic (exact) mass is 304 g/mol. The number of aromatic nitrogens is 1. The van der Waals surface area contributed by atoms with Gasteiger partial charge in [0.05, 0.1) is 18.3 Å². The van der Waals surface area contributed by atoms with Crippen molar-refractivity contribution in [2.45, 2.75) is 39.7 Å². The Morgan fingerprint density at radius 2 is 1.95 bits per heavy atom. The molecule has 2 aromatic rings. The van der Waals surface area contributed by atoms with E-state index in [1.807, 2.05) is 19.2 Å². The zero-order valence-electron chi connectivity index (χ0n) is 13.3. The predicted octanol–water partition coefficient (Wildman–Crippen LogP) is 4.11. The van der Waals surface area contributed by atoms with Crippen molar-refractivity contribution < 1.29 is 4.74 Å². The number of hydrogen-bond acceptors (Lipinski definition) is 4. The first-order valence-corrected chi connectivity index (χ1v) is 8.37. The van der Waals surface area contributed by atoms with E-state index < -0.39 is 0 Å². The van der Waals surface area contributed by atoms with Gasteiger partial charge in [-0.15, -0.1) is 11.3 Å². The van der Waals surface area contributed by atoms with E-state index in [0.29, 0.717) is 0 Å². The van der Waals surface area contributed by atoms with Crippen LogP contribution < -0.4 is 10.1 Å². The van der Waals surface area contributed by atoms with Gasteiger partial charge in [0.15, 0.2) is 0 Å². The lowest BCUT2D eigenvalue weighted by molar-refractivity contribution is 0.317. The van der Waals surface area contributed by atoms with Crippen molar-refractivity contribution in [1.29, 1.82) is 0 Å². The Hall–Kier alpha value is -1.39. The molecule has 1 heterocycles. The van der Waals surface area contributed by atoms with Gasteiger partial charge in [0.2, 0.25) is 0 Å². The van der Waals surface area contributed by atoms with Crippen molar-refractivity contribution in [3.05, 3.63) is 45.4 Å². The van der Waals surface area contributed by atoms with Crippen molar-refractivity contribution in [3.63, 3.8) is 0 Å². The molecule has 114 valence electrons. The fourth-order valence-electron chi connectivity index (χ4n) is 2.31. The molecule has 4 heteroatoms. The smallest absolute Gasteiger partial charge is 0.119 e. The Morgan fingerprint density at radius 3 is 2.48 bits per heavy atom. The van der Waals surface area contributed by atoms with Crippen LogP contribution in [0.5, 0.6) is 5.75 Å². The van der Waals surface area contributed by atoms with E-state index in [2.05, 4.69) is 38.2 Å². The van der Waals surface area contributed by atoms with Crippen LogP contribution in [0.4, 0.5) is 0 Å². The quantitative estimate of drug-likeness (QED) is 0.836. The summed E-state index contributed by atoms with van der Waals surface area (Å²) in [6.07, 6.45) is 2.02. The summed E-state index contributed by atoms with van der Waals surface area (Å²) in [7, 11) is 1.98. The maximum atomic E-state index is 5.64. The molecule has 1 aromatic carbocycles. The minimum Gasteiger partial charge on any atom is -0.494 e. The number of thiazole rings is 1. The van der Waals surface area contributed by atoms with Crippen LogP contribution >= 0.6 is 11.3 Å². The second-order valence-corrected chi connectivity index (χ2v) is 6.28. The molecule has 1 aromatic heterocycles. The average molecular weight is 304 g/mol. The molecule has 21 heavy (non-hydrogen) atoms.